The summed E-state index contributed by atoms with van der Waals surface area (Å²) >= 11 is 0. The number of halogens is 2. The van der Waals surface area contributed by atoms with Gasteiger partial charge in [-0.2, -0.15) is 0 Å². The summed E-state index contributed by atoms with van der Waals surface area (Å²) in [4.78, 5) is 17.2. The van der Waals surface area contributed by atoms with E-state index in [2.05, 4.69) is 16.1 Å². The molecule has 0 spiro atoms. The summed E-state index contributed by atoms with van der Waals surface area (Å²) < 4.78 is 32.7. The van der Waals surface area contributed by atoms with E-state index in [4.69, 9.17) is 4.52 Å². The number of likely N-dealkylation sites (tertiary alicyclic amines) is 1. The first-order valence-corrected chi connectivity index (χ1v) is 10.2. The second-order valence-corrected chi connectivity index (χ2v) is 7.81. The largest absolute Gasteiger partial charge is 0.350 e. The van der Waals surface area contributed by atoms with Crippen molar-refractivity contribution < 1.29 is 18.1 Å². The summed E-state index contributed by atoms with van der Waals surface area (Å²) in [5.41, 5.74) is 3.38. The molecule has 2 aliphatic rings. The molecule has 2 aliphatic heterocycles. The zero-order valence-corrected chi connectivity index (χ0v) is 16.4. The Bertz CT molecular complexity index is 1110. The number of rotatable bonds is 4. The fourth-order valence-electron chi connectivity index (χ4n) is 4.38. The third-order valence-corrected chi connectivity index (χ3v) is 5.89. The third kappa shape index (κ3) is 3.39. The maximum Gasteiger partial charge on any atom is 0.296 e. The summed E-state index contributed by atoms with van der Waals surface area (Å²) in [6.07, 6.45) is 3.25. The Morgan fingerprint density at radius 2 is 1.90 bits per heavy atom. The summed E-state index contributed by atoms with van der Waals surface area (Å²) in [5.74, 6) is -1.53. The second kappa shape index (κ2) is 7.65. The molecular formula is C23H21F2N3O2. The van der Waals surface area contributed by atoms with E-state index < -0.39 is 11.6 Å². The maximum atomic E-state index is 14.0. The van der Waals surface area contributed by atoms with E-state index >= 15 is 0 Å². The lowest BCUT2D eigenvalue weighted by Crippen LogP contribution is -2.28. The highest BCUT2D eigenvalue weighted by atomic mass is 19.1. The number of aromatic nitrogens is 1. The van der Waals surface area contributed by atoms with E-state index in [1.54, 1.807) is 4.90 Å². The third-order valence-electron chi connectivity index (χ3n) is 5.89. The molecule has 0 saturated carbocycles. The van der Waals surface area contributed by atoms with Gasteiger partial charge in [0.1, 0.15) is 17.3 Å². The van der Waals surface area contributed by atoms with Crippen LogP contribution in [0, 0.1) is 11.6 Å². The Labute approximate surface area is 172 Å². The number of nitrogens with zero attached hydrogens (tertiary/aromatic N) is 3. The smallest absolute Gasteiger partial charge is 0.296 e. The molecule has 0 radical (unpaired) electrons. The zero-order valence-electron chi connectivity index (χ0n) is 16.4. The number of carbonyl (C=O) groups is 1. The molecular weight excluding hydrogens is 388 g/mol. The number of hydrogen-bond acceptors (Lipinski definition) is 4. The molecule has 1 saturated heterocycles. The van der Waals surface area contributed by atoms with Crippen LogP contribution in [0.3, 0.4) is 0 Å². The van der Waals surface area contributed by atoms with Gasteiger partial charge in [0.2, 0.25) is 5.76 Å². The Balaban J connectivity index is 1.40. The minimum absolute atomic E-state index is 0.00598. The van der Waals surface area contributed by atoms with Gasteiger partial charge in [0.05, 0.1) is 0 Å². The molecule has 2 aromatic carbocycles. The van der Waals surface area contributed by atoms with Gasteiger partial charge in [-0.05, 0) is 67.7 Å². The van der Waals surface area contributed by atoms with E-state index in [1.807, 2.05) is 12.1 Å². The maximum absolute atomic E-state index is 14.0. The first-order chi connectivity index (χ1) is 14.6. The summed E-state index contributed by atoms with van der Waals surface area (Å²) in [6, 6.07) is 10.5. The molecule has 7 heteroatoms. The van der Waals surface area contributed by atoms with E-state index in [0.29, 0.717) is 6.54 Å². The predicted molar refractivity (Wildman–Crippen MR) is 108 cm³/mol. The van der Waals surface area contributed by atoms with Gasteiger partial charge in [0.25, 0.3) is 5.91 Å². The van der Waals surface area contributed by atoms with E-state index in [0.717, 1.165) is 49.9 Å². The second-order valence-electron chi connectivity index (χ2n) is 7.81. The van der Waals surface area contributed by atoms with Crippen LogP contribution in [0.15, 0.2) is 47.0 Å². The number of carbonyl (C=O) groups excluding carboxylic acids is 1. The molecule has 5 nitrogen and oxygen atoms in total. The van der Waals surface area contributed by atoms with Crippen molar-refractivity contribution in [3.05, 3.63) is 71.0 Å². The average Bonchev–Trinajstić information content (AvgIpc) is 3.50. The molecule has 3 heterocycles. The lowest BCUT2D eigenvalue weighted by Gasteiger charge is -2.19. The highest BCUT2D eigenvalue weighted by molar-refractivity contribution is 6.06. The van der Waals surface area contributed by atoms with E-state index in [-0.39, 0.29) is 22.9 Å². The highest BCUT2D eigenvalue weighted by Crippen LogP contribution is 2.33. The van der Waals surface area contributed by atoms with Crippen LogP contribution in [0.1, 0.15) is 34.5 Å². The van der Waals surface area contributed by atoms with Crippen molar-refractivity contribution in [3.8, 4) is 11.3 Å². The Kier molecular flexibility index (Phi) is 4.83. The van der Waals surface area contributed by atoms with Crippen molar-refractivity contribution in [1.29, 1.82) is 0 Å². The predicted octanol–water partition coefficient (Wildman–Crippen LogP) is 4.42. The molecule has 3 aromatic rings. The number of hydrogen-bond donors (Lipinski definition) is 0. The van der Waals surface area contributed by atoms with Gasteiger partial charge in [0, 0.05) is 30.4 Å². The number of benzene rings is 2. The van der Waals surface area contributed by atoms with E-state index in [9.17, 15) is 13.6 Å². The quantitative estimate of drug-likeness (QED) is 0.640. The minimum Gasteiger partial charge on any atom is -0.350 e. The fraction of sp³-hybridized carbons (Fsp3) is 0.304. The first-order valence-electron chi connectivity index (χ1n) is 10.2. The molecule has 0 unspecified atom stereocenters. The molecule has 1 fully saturated rings. The van der Waals surface area contributed by atoms with Crippen LogP contribution < -0.4 is 4.90 Å². The lowest BCUT2D eigenvalue weighted by atomic mass is 10.0. The number of anilines is 1. The van der Waals surface area contributed by atoms with Crippen LogP contribution in [0.25, 0.3) is 11.3 Å². The topological polar surface area (TPSA) is 49.6 Å². The Hall–Kier alpha value is -3.06. The minimum atomic E-state index is -0.623. The molecule has 0 bridgehead atoms. The number of fused-ring (bicyclic) bond motifs is 1. The Morgan fingerprint density at radius 1 is 1.07 bits per heavy atom. The van der Waals surface area contributed by atoms with Crippen LogP contribution >= 0.6 is 0 Å². The lowest BCUT2D eigenvalue weighted by molar-refractivity contribution is 0.0954. The van der Waals surface area contributed by atoms with Gasteiger partial charge in [-0.15, -0.1) is 0 Å². The van der Waals surface area contributed by atoms with Crippen molar-refractivity contribution in [2.45, 2.75) is 25.8 Å². The van der Waals surface area contributed by atoms with Crippen molar-refractivity contribution in [1.82, 2.24) is 10.1 Å². The van der Waals surface area contributed by atoms with Gasteiger partial charge in [-0.25, -0.2) is 8.78 Å². The molecule has 5 rings (SSSR count). The zero-order chi connectivity index (χ0) is 20.7. The SMILES string of the molecule is O=C(c1cc(-c2cc(F)ccc2F)no1)N1CCc2c(CN3CCCC3)cccc21. The van der Waals surface area contributed by atoms with Gasteiger partial charge < -0.3 is 9.42 Å². The van der Waals surface area contributed by atoms with Gasteiger partial charge in [-0.1, -0.05) is 17.3 Å². The summed E-state index contributed by atoms with van der Waals surface area (Å²) in [5, 5.41) is 3.79. The van der Waals surface area contributed by atoms with Crippen LogP contribution in [0.2, 0.25) is 0 Å². The van der Waals surface area contributed by atoms with Crippen LogP contribution in [0.5, 0.6) is 0 Å². The average molecular weight is 409 g/mol. The Morgan fingerprint density at radius 3 is 2.73 bits per heavy atom. The molecule has 1 amide bonds. The van der Waals surface area contributed by atoms with E-state index in [1.165, 1.54) is 30.0 Å². The molecule has 154 valence electrons. The fourth-order valence-corrected chi connectivity index (χ4v) is 4.38. The standard InChI is InChI=1S/C23H21F2N3O2/c24-16-6-7-19(25)18(12-16)20-13-22(30-26-20)23(29)28-11-8-17-15(4-3-5-21(17)28)14-27-9-1-2-10-27/h3-7,12-13H,1-2,8-11,14H2. The van der Waals surface area contributed by atoms with Crippen LogP contribution in [0.4, 0.5) is 14.5 Å². The normalized spacial score (nSPS) is 16.3. The van der Waals surface area contributed by atoms with Crippen molar-refractivity contribution >= 4 is 11.6 Å². The monoisotopic (exact) mass is 409 g/mol. The van der Waals surface area contributed by atoms with Crippen LogP contribution in [-0.4, -0.2) is 35.6 Å². The molecule has 0 aliphatic carbocycles. The highest BCUT2D eigenvalue weighted by Gasteiger charge is 2.30. The molecule has 1 aromatic heterocycles. The van der Waals surface area contributed by atoms with Crippen molar-refractivity contribution in [3.63, 3.8) is 0 Å². The van der Waals surface area contributed by atoms with Crippen LogP contribution in [-0.2, 0) is 13.0 Å². The molecule has 0 N–H and O–H groups in total. The van der Waals surface area contributed by atoms with Gasteiger partial charge in [0.15, 0.2) is 0 Å². The van der Waals surface area contributed by atoms with Crippen molar-refractivity contribution in [2.75, 3.05) is 24.5 Å². The first kappa shape index (κ1) is 18.9. The summed E-state index contributed by atoms with van der Waals surface area (Å²) in [7, 11) is 0. The van der Waals surface area contributed by atoms with Gasteiger partial charge in [-0.3, -0.25) is 9.69 Å². The summed E-state index contributed by atoms with van der Waals surface area (Å²) in [6.45, 7) is 3.68. The number of amides is 1. The van der Waals surface area contributed by atoms with Crippen molar-refractivity contribution in [2.24, 2.45) is 0 Å². The molecule has 0 atom stereocenters. The molecule has 30 heavy (non-hydrogen) atoms. The van der Waals surface area contributed by atoms with Gasteiger partial charge >= 0.3 is 0 Å².